The van der Waals surface area contributed by atoms with Gasteiger partial charge in [-0.15, -0.1) is 0 Å². The molecule has 0 aliphatic carbocycles. The topological polar surface area (TPSA) is 197 Å². The molecule has 3 saturated heterocycles. The third-order valence-electron chi connectivity index (χ3n) is 9.37. The van der Waals surface area contributed by atoms with Crippen molar-refractivity contribution < 1.29 is 67.8 Å². The van der Waals surface area contributed by atoms with E-state index >= 15 is 0 Å². The Balaban J connectivity index is 1.26. The number of fused-ring (bicyclic) bond motifs is 1. The molecule has 0 aromatic heterocycles. The molecule has 3 aliphatic heterocycles. The van der Waals surface area contributed by atoms with Gasteiger partial charge >= 0.3 is 17.8 Å². The van der Waals surface area contributed by atoms with Crippen molar-refractivity contribution in [1.82, 2.24) is 16.0 Å². The quantitative estimate of drug-likeness (QED) is 0.0345. The van der Waals surface area contributed by atoms with Crippen LogP contribution in [0.1, 0.15) is 96.8 Å². The summed E-state index contributed by atoms with van der Waals surface area (Å²) in [6, 6.07) is 0.394. The first kappa shape index (κ1) is 44.3. The number of thioether (sulfide) groups is 1. The molecule has 3 fully saturated rings. The highest BCUT2D eigenvalue weighted by atomic mass is 32.2. The number of nitrogens with one attached hydrogen (secondary N) is 3. The minimum atomic E-state index is -2.28. The van der Waals surface area contributed by atoms with Crippen LogP contribution in [0.25, 0.3) is 0 Å². The predicted molar refractivity (Wildman–Crippen MR) is 186 cm³/mol. The van der Waals surface area contributed by atoms with Gasteiger partial charge in [-0.25, -0.2) is 43.9 Å². The largest absolute Gasteiger partial charge is 0.422 e. The first-order chi connectivity index (χ1) is 25.2. The van der Waals surface area contributed by atoms with Gasteiger partial charge in [-0.2, -0.15) is 11.8 Å². The summed E-state index contributed by atoms with van der Waals surface area (Å²) in [7, 11) is 5.04. The van der Waals surface area contributed by atoms with Gasteiger partial charge in [-0.05, 0) is 25.7 Å². The molecule has 0 unspecified atom stereocenters. The molecular weight excluding hydrogens is 706 g/mol. The van der Waals surface area contributed by atoms with E-state index in [9.17, 15) is 19.2 Å². The Hall–Kier alpha value is -2.13. The molecule has 0 saturated carbocycles. The fraction of sp³-hybridized carbons (Fsp3) is 0.882. The Kier molecular flexibility index (Phi) is 20.7. The van der Waals surface area contributed by atoms with Crippen molar-refractivity contribution in [3.8, 4) is 0 Å². The van der Waals surface area contributed by atoms with Gasteiger partial charge in [0.15, 0.2) is 18.3 Å². The van der Waals surface area contributed by atoms with Crippen LogP contribution in [0.3, 0.4) is 0 Å². The predicted octanol–water partition coefficient (Wildman–Crippen LogP) is 3.37. The monoisotopic (exact) mass is 765 g/mol. The van der Waals surface area contributed by atoms with Crippen LogP contribution in [0.4, 0.5) is 4.79 Å². The molecule has 0 bridgehead atoms. The minimum absolute atomic E-state index is 0.0503. The number of hydrogen-bond acceptors (Lipinski definition) is 15. The van der Waals surface area contributed by atoms with E-state index in [1.165, 1.54) is 35.4 Å². The number of hydrogen-bond donors (Lipinski definition) is 3. The van der Waals surface area contributed by atoms with E-state index in [0.29, 0.717) is 24.6 Å². The second-order valence-corrected chi connectivity index (χ2v) is 14.4. The number of Topliss-reactive ketones (excluding diaryl/α,β-unsaturated/α-hetero) is 1. The lowest BCUT2D eigenvalue weighted by molar-refractivity contribution is -0.480. The number of carbonyl (C=O) groups is 4. The van der Waals surface area contributed by atoms with Crippen molar-refractivity contribution in [3.63, 3.8) is 0 Å². The van der Waals surface area contributed by atoms with Crippen molar-refractivity contribution in [2.24, 2.45) is 0 Å². The molecule has 3 N–H and O–H groups in total. The summed E-state index contributed by atoms with van der Waals surface area (Å²) in [5.41, 5.74) is 0. The standard InChI is InChI=1S/C34H59N3O14S/c1-23(38)34(32(51-45-5)31(50-44-4)30(49-43-3)25(47-34)21-46-42-2)48-28(40)19-13-11-9-7-6-8-10-12-16-20-35-27(39)18-15-14-17-26-29-24(22-52-26)36-33(41)37-29/h24-26,29-32H,6-22H2,1-5H3,(H,35,39)(H2,36,37,41)/t24-,25+,26-,29-,30-,31-,32+,34+/m0/s1. The number of carbonyl (C=O) groups excluding carboxylic acids is 4. The summed E-state index contributed by atoms with van der Waals surface area (Å²) in [6.07, 6.45) is 7.29. The van der Waals surface area contributed by atoms with E-state index < -0.39 is 42.0 Å². The Labute approximate surface area is 310 Å². The molecule has 0 radical (unpaired) electrons. The lowest BCUT2D eigenvalue weighted by Crippen LogP contribution is -2.70. The molecule has 8 atom stereocenters. The molecule has 17 nitrogen and oxygen atoms in total. The van der Waals surface area contributed by atoms with Crippen molar-refractivity contribution in [2.45, 2.75) is 144 Å². The average molecular weight is 766 g/mol. The van der Waals surface area contributed by atoms with Crippen LogP contribution in [0, 0.1) is 0 Å². The molecule has 0 spiro atoms. The number of rotatable bonds is 28. The van der Waals surface area contributed by atoms with Crippen LogP contribution >= 0.6 is 11.8 Å². The van der Waals surface area contributed by atoms with Gasteiger partial charge in [0.05, 0.1) is 40.5 Å². The van der Waals surface area contributed by atoms with Gasteiger partial charge in [-0.3, -0.25) is 14.4 Å². The third-order valence-corrected chi connectivity index (χ3v) is 10.9. The van der Waals surface area contributed by atoms with E-state index in [-0.39, 0.29) is 37.0 Å². The Morgan fingerprint density at radius 3 is 2.10 bits per heavy atom. The molecule has 3 heterocycles. The summed E-state index contributed by atoms with van der Waals surface area (Å²) in [4.78, 5) is 90.2. The van der Waals surface area contributed by atoms with Gasteiger partial charge in [0.2, 0.25) is 11.7 Å². The highest BCUT2D eigenvalue weighted by Crippen LogP contribution is 2.38. The van der Waals surface area contributed by atoms with Gasteiger partial charge in [0, 0.05) is 37.3 Å². The lowest BCUT2D eigenvalue weighted by Gasteiger charge is -2.47. The number of amides is 3. The van der Waals surface area contributed by atoms with Crippen LogP contribution in [0.5, 0.6) is 0 Å². The van der Waals surface area contributed by atoms with Gasteiger partial charge in [0.1, 0.15) is 12.7 Å². The number of ketones is 1. The summed E-state index contributed by atoms with van der Waals surface area (Å²) < 4.78 is 11.7. The summed E-state index contributed by atoms with van der Waals surface area (Å²) in [6.45, 7) is 1.64. The maximum Gasteiger partial charge on any atom is 0.315 e. The lowest BCUT2D eigenvalue weighted by atomic mass is 9.90. The normalized spacial score (nSPS) is 28.2. The minimum Gasteiger partial charge on any atom is -0.422 e. The molecule has 3 amide bonds. The van der Waals surface area contributed by atoms with Crippen molar-refractivity contribution in [3.05, 3.63) is 0 Å². The highest BCUT2D eigenvalue weighted by molar-refractivity contribution is 8.00. The van der Waals surface area contributed by atoms with Crippen molar-refractivity contribution in [1.29, 1.82) is 0 Å². The van der Waals surface area contributed by atoms with Crippen LogP contribution in [0.2, 0.25) is 0 Å². The van der Waals surface area contributed by atoms with Gasteiger partial charge in [0.25, 0.3) is 0 Å². The number of esters is 1. The molecule has 300 valence electrons. The smallest absolute Gasteiger partial charge is 0.315 e. The zero-order valence-corrected chi connectivity index (χ0v) is 32.0. The highest BCUT2D eigenvalue weighted by Gasteiger charge is 2.64. The SMILES string of the molecule is COOC[C@H]1O[C@@](OC(=O)CCCCCCCCCCCNC(=O)CCCC[C@@H]2SC[C@@H]3NC(=O)N[C@@H]32)(C(C)=O)[C@H](OOC)[C@@H](OOC)[C@H]1OOC. The fourth-order valence-electron chi connectivity index (χ4n) is 6.77. The number of ether oxygens (including phenoxy) is 2. The summed E-state index contributed by atoms with van der Waals surface area (Å²) in [5.74, 6) is -2.56. The zero-order chi connectivity index (χ0) is 37.8. The maximum atomic E-state index is 13.1. The van der Waals surface area contributed by atoms with E-state index in [1.807, 2.05) is 11.8 Å². The van der Waals surface area contributed by atoms with Crippen molar-refractivity contribution >= 4 is 35.5 Å². The van der Waals surface area contributed by atoms with E-state index in [2.05, 4.69) is 16.0 Å². The molecule has 18 heteroatoms. The molecule has 0 aromatic rings. The fourth-order valence-corrected chi connectivity index (χ4v) is 8.31. The molecule has 52 heavy (non-hydrogen) atoms. The Morgan fingerprint density at radius 2 is 1.44 bits per heavy atom. The number of urea groups is 1. The van der Waals surface area contributed by atoms with Crippen LogP contribution < -0.4 is 16.0 Å². The third kappa shape index (κ3) is 13.6. The summed E-state index contributed by atoms with van der Waals surface area (Å²) >= 11 is 1.90. The van der Waals surface area contributed by atoms with E-state index in [0.717, 1.165) is 76.4 Å². The van der Waals surface area contributed by atoms with Gasteiger partial charge in [-0.1, -0.05) is 51.4 Å². The first-order valence-corrected chi connectivity index (χ1v) is 19.4. The second kappa shape index (κ2) is 24.3. The van der Waals surface area contributed by atoms with Crippen LogP contribution in [0.15, 0.2) is 0 Å². The Bertz CT molecular complexity index is 1090. The Morgan fingerprint density at radius 1 is 0.808 bits per heavy atom. The summed E-state index contributed by atoms with van der Waals surface area (Å²) in [5, 5.41) is 9.44. The van der Waals surface area contributed by atoms with Crippen LogP contribution in [-0.4, -0.2) is 119 Å². The second-order valence-electron chi connectivity index (χ2n) is 13.1. The van der Waals surface area contributed by atoms with Crippen molar-refractivity contribution in [2.75, 3.05) is 47.3 Å². The van der Waals surface area contributed by atoms with E-state index in [4.69, 9.17) is 48.6 Å². The molecular formula is C34H59N3O14S. The van der Waals surface area contributed by atoms with Crippen LogP contribution in [-0.2, 0) is 63.0 Å². The van der Waals surface area contributed by atoms with Gasteiger partial charge < -0.3 is 25.4 Å². The zero-order valence-electron chi connectivity index (χ0n) is 31.2. The first-order valence-electron chi connectivity index (χ1n) is 18.3. The number of unbranched alkanes of at least 4 members (excludes halogenated alkanes) is 9. The molecule has 3 aliphatic rings. The average Bonchev–Trinajstić information content (AvgIpc) is 3.67. The molecule has 0 aromatic carbocycles. The molecule has 3 rings (SSSR count). The van der Waals surface area contributed by atoms with E-state index in [1.54, 1.807) is 0 Å². The maximum absolute atomic E-state index is 13.1.